The first-order chi connectivity index (χ1) is 14.5. The first-order valence-electron chi connectivity index (χ1n) is 8.76. The zero-order valence-corrected chi connectivity index (χ0v) is 17.1. The smallest absolute Gasteiger partial charge is 0.350 e. The van der Waals surface area contributed by atoms with Crippen molar-refractivity contribution < 1.29 is 37.0 Å². The lowest BCUT2D eigenvalue weighted by Gasteiger charge is -2.29. The molecule has 0 bridgehead atoms. The summed E-state index contributed by atoms with van der Waals surface area (Å²) in [6.45, 7) is 2.84. The molecule has 1 aliphatic rings. The molecule has 11 nitrogen and oxygen atoms in total. The maximum Gasteiger partial charge on any atom is 0.350 e. The molecule has 2 N–H and O–H groups in total. The van der Waals surface area contributed by atoms with E-state index in [2.05, 4.69) is 5.32 Å². The van der Waals surface area contributed by atoms with Gasteiger partial charge in [0.1, 0.15) is 5.56 Å². The van der Waals surface area contributed by atoms with Crippen molar-refractivity contribution >= 4 is 33.6 Å². The highest BCUT2D eigenvalue weighted by molar-refractivity contribution is 7.90. The van der Waals surface area contributed by atoms with Gasteiger partial charge in [-0.25, -0.2) is 22.7 Å². The molecule has 2 heterocycles. The predicted molar refractivity (Wildman–Crippen MR) is 104 cm³/mol. The quantitative estimate of drug-likeness (QED) is 0.220. The third-order valence-corrected chi connectivity index (χ3v) is 5.28. The summed E-state index contributed by atoms with van der Waals surface area (Å²) in [4.78, 5) is 35.7. The molecule has 0 spiro atoms. The second kappa shape index (κ2) is 8.07. The van der Waals surface area contributed by atoms with Crippen LogP contribution in [0.3, 0.4) is 0 Å². The van der Waals surface area contributed by atoms with Crippen molar-refractivity contribution in [2.24, 2.45) is 0 Å². The lowest BCUT2D eigenvalue weighted by Crippen LogP contribution is -2.42. The minimum absolute atomic E-state index is 0.125. The van der Waals surface area contributed by atoms with Crippen LogP contribution in [0.5, 0.6) is 0 Å². The second-order valence-corrected chi connectivity index (χ2v) is 8.48. The monoisotopic (exact) mass is 447 g/mol. The Morgan fingerprint density at radius 3 is 2.29 bits per heavy atom. The normalized spacial score (nSPS) is 15.5. The molecule has 0 aliphatic carbocycles. The van der Waals surface area contributed by atoms with Crippen LogP contribution in [0.2, 0.25) is 0 Å². The van der Waals surface area contributed by atoms with Gasteiger partial charge >= 0.3 is 11.9 Å². The molecule has 31 heavy (non-hydrogen) atoms. The van der Waals surface area contributed by atoms with E-state index in [0.717, 1.165) is 18.6 Å². The molecule has 0 radical (unpaired) electrons. The minimum Gasteiger partial charge on any atom is -0.619 e. The molecule has 0 atom stereocenters. The number of nitrogens with zero attached hydrogens (tertiary/aromatic N) is 1. The standard InChI is InChI=1S/C19H17N3O8S/c1-19(2)29-17(24)15(18(25)30-19)10-20-13-5-7-14(8-6-13)31(27,28)21-16(23)12-4-3-9-22(26)11-12/h3-11,20H,1-2H3,(H,21,23). The Morgan fingerprint density at radius 1 is 1.10 bits per heavy atom. The summed E-state index contributed by atoms with van der Waals surface area (Å²) in [7, 11) is -4.21. The number of rotatable bonds is 5. The second-order valence-electron chi connectivity index (χ2n) is 6.79. The molecule has 0 unspecified atom stereocenters. The fourth-order valence-corrected chi connectivity index (χ4v) is 3.47. The lowest BCUT2D eigenvalue weighted by atomic mass is 10.2. The lowest BCUT2D eigenvalue weighted by molar-refractivity contribution is -0.605. The molecule has 3 rings (SSSR count). The Balaban J connectivity index is 1.70. The number of hydrogen-bond acceptors (Lipinski definition) is 9. The Hall–Kier alpha value is -3.93. The van der Waals surface area contributed by atoms with Crippen molar-refractivity contribution in [1.82, 2.24) is 4.72 Å². The fraction of sp³-hybridized carbons (Fsp3) is 0.158. The third-order valence-electron chi connectivity index (χ3n) is 3.93. The van der Waals surface area contributed by atoms with Crippen molar-refractivity contribution in [1.29, 1.82) is 0 Å². The van der Waals surface area contributed by atoms with Crippen molar-refractivity contribution in [3.05, 3.63) is 71.3 Å². The molecule has 0 saturated carbocycles. The van der Waals surface area contributed by atoms with Gasteiger partial charge in [-0.15, -0.1) is 0 Å². The SMILES string of the molecule is CC1(C)OC(=O)C(=CNc2ccc(S(=O)(=O)NC(=O)c3ccc[n+]([O-])c3)cc2)C(=O)O1. The van der Waals surface area contributed by atoms with Gasteiger partial charge in [0.2, 0.25) is 0 Å². The van der Waals surface area contributed by atoms with Gasteiger partial charge in [-0.3, -0.25) is 4.79 Å². The molecule has 1 fully saturated rings. The molecular formula is C19H17N3O8S. The number of esters is 2. The van der Waals surface area contributed by atoms with Crippen molar-refractivity contribution in [2.45, 2.75) is 24.5 Å². The molecule has 1 aromatic carbocycles. The summed E-state index contributed by atoms with van der Waals surface area (Å²) >= 11 is 0. The van der Waals surface area contributed by atoms with Gasteiger partial charge < -0.3 is 20.0 Å². The van der Waals surface area contributed by atoms with Crippen LogP contribution in [-0.2, 0) is 29.1 Å². The Bertz CT molecular complexity index is 1160. The highest BCUT2D eigenvalue weighted by atomic mass is 32.2. The number of hydrogen-bond donors (Lipinski definition) is 2. The number of aromatic nitrogens is 1. The van der Waals surface area contributed by atoms with E-state index in [1.165, 1.54) is 50.2 Å². The summed E-state index contributed by atoms with van der Waals surface area (Å²) in [6.07, 6.45) is 3.17. The number of anilines is 1. The number of ether oxygens (including phenoxy) is 2. The third kappa shape index (κ3) is 5.17. The van der Waals surface area contributed by atoms with Gasteiger partial charge in [0.05, 0.1) is 4.90 Å². The summed E-state index contributed by atoms with van der Waals surface area (Å²) < 4.78 is 36.9. The van der Waals surface area contributed by atoms with E-state index >= 15 is 0 Å². The van der Waals surface area contributed by atoms with Crippen LogP contribution in [0.4, 0.5) is 5.69 Å². The maximum absolute atomic E-state index is 12.4. The molecule has 1 aromatic heterocycles. The average molecular weight is 447 g/mol. The number of carbonyl (C=O) groups excluding carboxylic acids is 3. The zero-order valence-electron chi connectivity index (χ0n) is 16.3. The Labute approximate surface area is 176 Å². The average Bonchev–Trinajstić information content (AvgIpc) is 2.66. The molecule has 1 amide bonds. The van der Waals surface area contributed by atoms with Gasteiger partial charge in [0.25, 0.3) is 21.7 Å². The largest absolute Gasteiger partial charge is 0.619 e. The van der Waals surface area contributed by atoms with Crippen molar-refractivity contribution in [2.75, 3.05) is 5.32 Å². The van der Waals surface area contributed by atoms with E-state index in [1.54, 1.807) is 0 Å². The summed E-state index contributed by atoms with van der Waals surface area (Å²) in [5, 5.41) is 13.9. The van der Waals surface area contributed by atoms with Crippen LogP contribution in [0.15, 0.2) is 65.5 Å². The van der Waals surface area contributed by atoms with E-state index in [4.69, 9.17) is 9.47 Å². The molecular weight excluding hydrogens is 430 g/mol. The van der Waals surface area contributed by atoms with Crippen LogP contribution >= 0.6 is 0 Å². The molecule has 12 heteroatoms. The van der Waals surface area contributed by atoms with Gasteiger partial charge in [0, 0.05) is 31.8 Å². The molecule has 1 aliphatic heterocycles. The zero-order chi connectivity index (χ0) is 22.8. The molecule has 2 aromatic rings. The van der Waals surface area contributed by atoms with Gasteiger partial charge in [-0.05, 0) is 30.3 Å². The fourth-order valence-electron chi connectivity index (χ4n) is 2.49. The first kappa shape index (κ1) is 21.8. The Morgan fingerprint density at radius 2 is 1.71 bits per heavy atom. The van der Waals surface area contributed by atoms with Crippen LogP contribution < -0.4 is 14.8 Å². The topological polar surface area (TPSA) is 155 Å². The highest BCUT2D eigenvalue weighted by Gasteiger charge is 2.38. The highest BCUT2D eigenvalue weighted by Crippen LogP contribution is 2.23. The first-order valence-corrected chi connectivity index (χ1v) is 10.2. The Kier molecular flexibility index (Phi) is 5.66. The maximum atomic E-state index is 12.4. The van der Waals surface area contributed by atoms with Gasteiger partial charge in [0.15, 0.2) is 18.0 Å². The number of pyridine rings is 1. The van der Waals surface area contributed by atoms with Gasteiger partial charge in [-0.2, -0.15) is 4.73 Å². The van der Waals surface area contributed by atoms with E-state index < -0.39 is 33.7 Å². The molecule has 1 saturated heterocycles. The van der Waals surface area contributed by atoms with Crippen LogP contribution in [0.25, 0.3) is 0 Å². The number of cyclic esters (lactones) is 2. The number of sulfonamides is 1. The van der Waals surface area contributed by atoms with E-state index in [1.807, 2.05) is 4.72 Å². The number of nitrogens with one attached hydrogen (secondary N) is 2. The summed E-state index contributed by atoms with van der Waals surface area (Å²) in [5.74, 6) is -4.05. The van der Waals surface area contributed by atoms with E-state index in [9.17, 15) is 28.0 Å². The van der Waals surface area contributed by atoms with Crippen LogP contribution in [0.1, 0.15) is 24.2 Å². The number of amides is 1. The van der Waals surface area contributed by atoms with Crippen molar-refractivity contribution in [3.63, 3.8) is 0 Å². The molecule has 162 valence electrons. The van der Waals surface area contributed by atoms with E-state index in [-0.39, 0.29) is 16.0 Å². The number of carbonyl (C=O) groups is 3. The predicted octanol–water partition coefficient (Wildman–Crippen LogP) is 0.571. The summed E-state index contributed by atoms with van der Waals surface area (Å²) in [5.41, 5.74) is -0.138. The number of benzene rings is 1. The van der Waals surface area contributed by atoms with Crippen LogP contribution in [0, 0.1) is 5.21 Å². The summed E-state index contributed by atoms with van der Waals surface area (Å²) in [6, 6.07) is 7.72. The van der Waals surface area contributed by atoms with Gasteiger partial charge in [-0.1, -0.05) is 0 Å². The van der Waals surface area contributed by atoms with Crippen molar-refractivity contribution in [3.8, 4) is 0 Å². The van der Waals surface area contributed by atoms with E-state index in [0.29, 0.717) is 10.4 Å². The van der Waals surface area contributed by atoms with Crippen LogP contribution in [-0.4, -0.2) is 32.1 Å². The minimum atomic E-state index is -4.21.